The summed E-state index contributed by atoms with van der Waals surface area (Å²) in [6, 6.07) is -1.73. The lowest BCUT2D eigenvalue weighted by molar-refractivity contribution is -0.127. The number of nitrogens with one attached hydrogen (secondary N) is 3. The molecule has 3 rings (SSSR count). The lowest BCUT2D eigenvalue weighted by Gasteiger charge is -2.31. The molecule has 1 saturated heterocycles. The summed E-state index contributed by atoms with van der Waals surface area (Å²) in [6.45, 7) is 5.58. The lowest BCUT2D eigenvalue weighted by atomic mass is 9.97. The molecule has 1 fully saturated rings. The van der Waals surface area contributed by atoms with Gasteiger partial charge in [0.15, 0.2) is 6.61 Å². The minimum absolute atomic E-state index is 0.188. The first-order valence-corrected chi connectivity index (χ1v) is 10.4. The van der Waals surface area contributed by atoms with Crippen LogP contribution < -0.4 is 16.1 Å². The maximum atomic E-state index is 12.5. The van der Waals surface area contributed by atoms with Gasteiger partial charge in [-0.3, -0.25) is 30.0 Å². The Morgan fingerprint density at radius 3 is 2.67 bits per heavy atom. The van der Waals surface area contributed by atoms with Crippen LogP contribution in [0, 0.1) is 0 Å². The summed E-state index contributed by atoms with van der Waals surface area (Å²) in [5, 5.41) is 20.2. The van der Waals surface area contributed by atoms with Gasteiger partial charge in [0.25, 0.3) is 0 Å². The molecule has 0 radical (unpaired) electrons. The molecule has 4 amide bonds. The van der Waals surface area contributed by atoms with Crippen molar-refractivity contribution in [3.05, 3.63) is 17.5 Å². The Hall–Kier alpha value is -3.39. The second-order valence-corrected chi connectivity index (χ2v) is 8.58. The highest BCUT2D eigenvalue weighted by Crippen LogP contribution is 2.42. The lowest BCUT2D eigenvalue weighted by Crippen LogP contribution is -2.45. The van der Waals surface area contributed by atoms with E-state index in [1.807, 2.05) is 0 Å². The van der Waals surface area contributed by atoms with Crippen LogP contribution in [0.4, 0.5) is 9.59 Å². The predicted molar refractivity (Wildman–Crippen MR) is 114 cm³/mol. The van der Waals surface area contributed by atoms with E-state index in [2.05, 4.69) is 26.2 Å². The third-order valence-corrected chi connectivity index (χ3v) is 5.05. The van der Waals surface area contributed by atoms with E-state index >= 15 is 0 Å². The Kier molecular flexibility index (Phi) is 7.07. The van der Waals surface area contributed by atoms with E-state index in [4.69, 9.17) is 9.57 Å². The van der Waals surface area contributed by atoms with E-state index in [0.717, 1.165) is 0 Å². The van der Waals surface area contributed by atoms with Gasteiger partial charge in [0.2, 0.25) is 5.91 Å². The first-order chi connectivity index (χ1) is 15.5. The molecule has 2 atom stereocenters. The molecule has 14 heteroatoms. The molecule has 3 heterocycles. The molecule has 0 unspecified atom stereocenters. The number of nitrogens with zero attached hydrogens (tertiary/aromatic N) is 5. The largest absolute Gasteiger partial charge is 0.444 e. The molecule has 2 bridgehead atoms. The molecule has 0 saturated carbocycles. The van der Waals surface area contributed by atoms with Crippen LogP contribution in [-0.4, -0.2) is 87.7 Å². The van der Waals surface area contributed by atoms with Crippen molar-refractivity contribution in [3.63, 3.8) is 0 Å². The van der Waals surface area contributed by atoms with Gasteiger partial charge in [0, 0.05) is 32.7 Å². The highest BCUT2D eigenvalue weighted by Gasteiger charge is 2.51. The average Bonchev–Trinajstić information content (AvgIpc) is 3.23. The molecule has 1 aromatic heterocycles. The minimum Gasteiger partial charge on any atom is -0.444 e. The monoisotopic (exact) mass is 466 g/mol. The number of fused-ring (bicyclic) bond motifs is 4. The topological polar surface area (TPSA) is 163 Å². The van der Waals surface area contributed by atoms with Crippen molar-refractivity contribution >= 4 is 23.9 Å². The van der Waals surface area contributed by atoms with E-state index in [1.165, 1.54) is 11.9 Å². The molecule has 1 aromatic rings. The summed E-state index contributed by atoms with van der Waals surface area (Å²) in [6.07, 6.45) is 1.04. The number of rotatable bonds is 7. The Balaban J connectivity index is 1.49. The predicted octanol–water partition coefficient (Wildman–Crippen LogP) is -0.167. The Morgan fingerprint density at radius 1 is 1.30 bits per heavy atom. The molecular formula is C19H30N8O6. The number of aryl methyl sites for hydroxylation is 1. The Morgan fingerprint density at radius 2 is 2.00 bits per heavy atom. The van der Waals surface area contributed by atoms with Crippen LogP contribution in [-0.2, 0) is 21.4 Å². The van der Waals surface area contributed by atoms with Crippen LogP contribution >= 0.6 is 0 Å². The van der Waals surface area contributed by atoms with E-state index in [-0.39, 0.29) is 32.1 Å². The summed E-state index contributed by atoms with van der Waals surface area (Å²) in [7, 11) is 3.25. The smallest absolute Gasteiger partial charge is 0.407 e. The van der Waals surface area contributed by atoms with E-state index in [0.29, 0.717) is 16.3 Å². The van der Waals surface area contributed by atoms with Crippen LogP contribution in [0.1, 0.15) is 44.1 Å². The summed E-state index contributed by atoms with van der Waals surface area (Å²) in [4.78, 5) is 47.0. The van der Waals surface area contributed by atoms with Gasteiger partial charge < -0.3 is 20.3 Å². The van der Waals surface area contributed by atoms with Crippen molar-refractivity contribution in [1.82, 2.24) is 35.9 Å². The molecule has 0 aliphatic carbocycles. The zero-order valence-electron chi connectivity index (χ0n) is 19.3. The van der Waals surface area contributed by atoms with Crippen LogP contribution in [0.25, 0.3) is 0 Å². The maximum absolute atomic E-state index is 12.5. The fourth-order valence-electron chi connectivity index (χ4n) is 3.66. The molecule has 14 nitrogen and oxygen atoms in total. The van der Waals surface area contributed by atoms with Crippen LogP contribution in [0.2, 0.25) is 0 Å². The molecule has 2 aliphatic heterocycles. The fraction of sp³-hybridized carbons (Fsp3) is 0.632. The number of hydroxylamine groups is 3. The zero-order valence-corrected chi connectivity index (χ0v) is 19.3. The van der Waals surface area contributed by atoms with Gasteiger partial charge >= 0.3 is 12.1 Å². The minimum atomic E-state index is -0.667. The third kappa shape index (κ3) is 5.34. The standard InChI is InChI=1S/C19H30N8O6/c1-19(2,3)33-17(29)22-7-6-21-13(28)10-32-24-16(20-4)15-14-11(8-23-25(14)5)12-9-26(15)18(30)27(12)31/h8,12,15,31H,6-7,9-10H2,1-5H3,(H,20,24)(H,21,28)(H,22,29)/t12-,15-/m0/s1. The molecule has 2 aliphatic rings. The summed E-state index contributed by atoms with van der Waals surface area (Å²) >= 11 is 0. The van der Waals surface area contributed by atoms with Crippen LogP contribution in [0.5, 0.6) is 0 Å². The highest BCUT2D eigenvalue weighted by molar-refractivity contribution is 5.93. The van der Waals surface area contributed by atoms with Crippen LogP contribution in [0.3, 0.4) is 0 Å². The average molecular weight is 466 g/mol. The molecular weight excluding hydrogens is 436 g/mol. The number of hydrogen-bond donors (Lipinski definition) is 4. The first-order valence-electron chi connectivity index (χ1n) is 10.4. The van der Waals surface area contributed by atoms with Gasteiger partial charge in [-0.15, -0.1) is 0 Å². The summed E-state index contributed by atoms with van der Waals surface area (Å²) in [5.74, 6) is -0.144. The number of urea groups is 1. The second-order valence-electron chi connectivity index (χ2n) is 8.58. The maximum Gasteiger partial charge on any atom is 0.407 e. The van der Waals surface area contributed by atoms with Crippen molar-refractivity contribution in [2.24, 2.45) is 12.0 Å². The number of hydrogen-bond acceptors (Lipinski definition) is 8. The van der Waals surface area contributed by atoms with Gasteiger partial charge in [-0.2, -0.15) is 10.2 Å². The second kappa shape index (κ2) is 9.62. The number of alkyl carbamates (subject to hydrolysis) is 1. The fourth-order valence-corrected chi connectivity index (χ4v) is 3.66. The Labute approximate surface area is 190 Å². The molecule has 0 aromatic carbocycles. The SMILES string of the molecule is CN=C(NOCC(=O)NCCNC(=O)OC(C)(C)C)[C@@H]1c2c(cnn2C)[C@@H]2CN1C(=O)N2O. The van der Waals surface area contributed by atoms with Gasteiger partial charge in [-0.1, -0.05) is 0 Å². The van der Waals surface area contributed by atoms with Gasteiger partial charge in [-0.05, 0) is 20.8 Å². The molecule has 182 valence electrons. The summed E-state index contributed by atoms with van der Waals surface area (Å²) < 4.78 is 6.72. The zero-order chi connectivity index (χ0) is 24.3. The van der Waals surface area contributed by atoms with E-state index in [1.54, 1.807) is 38.7 Å². The molecule has 4 N–H and O–H groups in total. The van der Waals surface area contributed by atoms with Crippen molar-refractivity contribution in [2.45, 2.75) is 38.5 Å². The number of carbonyl (C=O) groups excluding carboxylic acids is 3. The number of amidine groups is 1. The number of carbonyl (C=O) groups is 3. The third-order valence-electron chi connectivity index (χ3n) is 5.05. The van der Waals surface area contributed by atoms with Crippen molar-refractivity contribution in [3.8, 4) is 0 Å². The van der Waals surface area contributed by atoms with Gasteiger partial charge in [0.05, 0.1) is 18.4 Å². The summed E-state index contributed by atoms with van der Waals surface area (Å²) in [5.41, 5.74) is 3.44. The Bertz CT molecular complexity index is 939. The number of ether oxygens (including phenoxy) is 1. The molecule has 0 spiro atoms. The highest BCUT2D eigenvalue weighted by atomic mass is 16.6. The first kappa shape index (κ1) is 24.3. The van der Waals surface area contributed by atoms with E-state index in [9.17, 15) is 19.6 Å². The van der Waals surface area contributed by atoms with E-state index < -0.39 is 35.7 Å². The van der Waals surface area contributed by atoms with Crippen LogP contribution in [0.15, 0.2) is 11.2 Å². The normalized spacial score (nSPS) is 19.9. The number of aromatic nitrogens is 2. The quantitative estimate of drug-likeness (QED) is 0.142. The van der Waals surface area contributed by atoms with Gasteiger partial charge in [0.1, 0.15) is 23.5 Å². The van der Waals surface area contributed by atoms with Crippen molar-refractivity contribution < 1.29 is 29.2 Å². The van der Waals surface area contributed by atoms with Crippen molar-refractivity contribution in [1.29, 1.82) is 0 Å². The number of amides is 4. The molecule has 33 heavy (non-hydrogen) atoms. The van der Waals surface area contributed by atoms with Crippen molar-refractivity contribution in [2.75, 3.05) is 33.3 Å². The van der Waals surface area contributed by atoms with Gasteiger partial charge in [-0.25, -0.2) is 9.59 Å². The number of aliphatic imine (C=N–C) groups is 1.